The van der Waals surface area contributed by atoms with Gasteiger partial charge in [0.25, 0.3) is 5.91 Å². The van der Waals surface area contributed by atoms with Crippen LogP contribution >= 0.6 is 0 Å². The summed E-state index contributed by atoms with van der Waals surface area (Å²) >= 11 is 0. The Morgan fingerprint density at radius 2 is 2.20 bits per heavy atom. The fourth-order valence-electron chi connectivity index (χ4n) is 2.36. The van der Waals surface area contributed by atoms with Crippen molar-refractivity contribution in [3.63, 3.8) is 0 Å². The number of ether oxygens (including phenoxy) is 1. The zero-order valence-electron chi connectivity index (χ0n) is 11.4. The second-order valence-corrected chi connectivity index (χ2v) is 5.05. The summed E-state index contributed by atoms with van der Waals surface area (Å²) in [6, 6.07) is 1.68. The van der Waals surface area contributed by atoms with Crippen molar-refractivity contribution >= 4 is 11.9 Å². The van der Waals surface area contributed by atoms with Gasteiger partial charge >= 0.3 is 5.97 Å². The second kappa shape index (κ2) is 6.04. The van der Waals surface area contributed by atoms with E-state index >= 15 is 0 Å². The average Bonchev–Trinajstić information content (AvgIpc) is 2.87. The van der Waals surface area contributed by atoms with Crippen LogP contribution in [0.25, 0.3) is 0 Å². The Morgan fingerprint density at radius 1 is 1.50 bits per heavy atom. The van der Waals surface area contributed by atoms with Crippen LogP contribution in [0.5, 0.6) is 0 Å². The van der Waals surface area contributed by atoms with E-state index in [2.05, 4.69) is 15.5 Å². The van der Waals surface area contributed by atoms with E-state index in [0.29, 0.717) is 26.1 Å². The van der Waals surface area contributed by atoms with Gasteiger partial charge in [0, 0.05) is 18.9 Å². The molecule has 7 heteroatoms. The number of nitrogens with one attached hydrogen (secondary N) is 2. The topological polar surface area (TPSA) is 104 Å². The number of carbonyl (C=O) groups is 2. The van der Waals surface area contributed by atoms with Gasteiger partial charge in [0.15, 0.2) is 0 Å². The van der Waals surface area contributed by atoms with Gasteiger partial charge in [-0.3, -0.25) is 14.7 Å². The standard InChI is InChI=1S/C13H19N3O4/c1-2-9-7-10(16-15-9)12(19)14-13(8-11(17)18)3-5-20-6-4-13/h7H,2-6,8H2,1H3,(H,14,19)(H,15,16)(H,17,18). The monoisotopic (exact) mass is 281 g/mol. The third kappa shape index (κ3) is 3.36. The first-order chi connectivity index (χ1) is 9.54. The summed E-state index contributed by atoms with van der Waals surface area (Å²) in [4.78, 5) is 23.2. The van der Waals surface area contributed by atoms with Gasteiger partial charge in [0.1, 0.15) is 5.69 Å². The normalized spacial score (nSPS) is 17.6. The predicted octanol–water partition coefficient (Wildman–Crippen LogP) is 0.726. The number of carbonyl (C=O) groups excluding carboxylic acids is 1. The summed E-state index contributed by atoms with van der Waals surface area (Å²) in [5.41, 5.74) is 0.416. The Bertz CT molecular complexity index is 492. The van der Waals surface area contributed by atoms with E-state index in [-0.39, 0.29) is 18.0 Å². The SMILES string of the molecule is CCc1cc(C(=O)NC2(CC(=O)O)CCOCC2)n[nH]1. The highest BCUT2D eigenvalue weighted by Crippen LogP contribution is 2.25. The summed E-state index contributed by atoms with van der Waals surface area (Å²) in [6.45, 7) is 2.86. The predicted molar refractivity (Wildman–Crippen MR) is 70.5 cm³/mol. The molecule has 1 aliphatic heterocycles. The lowest BCUT2D eigenvalue weighted by atomic mass is 9.86. The van der Waals surface area contributed by atoms with Gasteiger partial charge in [0.2, 0.25) is 0 Å². The number of aliphatic carboxylic acids is 1. The average molecular weight is 281 g/mol. The van der Waals surface area contributed by atoms with Crippen LogP contribution in [0, 0.1) is 0 Å². The molecule has 1 aliphatic rings. The molecule has 0 aliphatic carbocycles. The van der Waals surface area contributed by atoms with Crippen LogP contribution in [0.15, 0.2) is 6.07 Å². The maximum atomic E-state index is 12.2. The Labute approximate surface area is 116 Å². The number of H-pyrrole nitrogens is 1. The summed E-state index contributed by atoms with van der Waals surface area (Å²) in [5, 5.41) is 18.6. The van der Waals surface area contributed by atoms with Crippen molar-refractivity contribution in [3.05, 3.63) is 17.5 Å². The molecular formula is C13H19N3O4. The lowest BCUT2D eigenvalue weighted by molar-refractivity contribution is -0.139. The molecule has 0 unspecified atom stereocenters. The van der Waals surface area contributed by atoms with E-state index in [4.69, 9.17) is 9.84 Å². The van der Waals surface area contributed by atoms with Gasteiger partial charge in [-0.1, -0.05) is 6.92 Å². The fraction of sp³-hybridized carbons (Fsp3) is 0.615. The molecule has 20 heavy (non-hydrogen) atoms. The molecule has 7 nitrogen and oxygen atoms in total. The van der Waals surface area contributed by atoms with Gasteiger partial charge in [-0.25, -0.2) is 0 Å². The van der Waals surface area contributed by atoms with Crippen molar-refractivity contribution < 1.29 is 19.4 Å². The molecule has 0 aromatic carbocycles. The van der Waals surface area contributed by atoms with Crippen molar-refractivity contribution in [1.82, 2.24) is 15.5 Å². The number of carboxylic acid groups (broad SMARTS) is 1. The Morgan fingerprint density at radius 3 is 2.75 bits per heavy atom. The molecule has 1 saturated heterocycles. The number of carboxylic acids is 1. The molecule has 1 aromatic heterocycles. The van der Waals surface area contributed by atoms with Gasteiger partial charge in [0.05, 0.1) is 12.0 Å². The fourth-order valence-corrected chi connectivity index (χ4v) is 2.36. The molecule has 1 fully saturated rings. The molecule has 0 atom stereocenters. The Hall–Kier alpha value is -1.89. The maximum Gasteiger partial charge on any atom is 0.305 e. The number of hydrogen-bond donors (Lipinski definition) is 3. The van der Waals surface area contributed by atoms with Gasteiger partial charge in [-0.2, -0.15) is 5.10 Å². The van der Waals surface area contributed by atoms with Crippen LogP contribution in [0.1, 0.15) is 42.4 Å². The molecular weight excluding hydrogens is 262 g/mol. The van der Waals surface area contributed by atoms with E-state index in [9.17, 15) is 9.59 Å². The van der Waals surface area contributed by atoms with Crippen LogP contribution in [0.3, 0.4) is 0 Å². The third-order valence-corrected chi connectivity index (χ3v) is 3.56. The number of aromatic amines is 1. The molecule has 0 saturated carbocycles. The quantitative estimate of drug-likeness (QED) is 0.738. The first-order valence-corrected chi connectivity index (χ1v) is 6.71. The molecule has 0 bridgehead atoms. The first kappa shape index (κ1) is 14.5. The lowest BCUT2D eigenvalue weighted by Gasteiger charge is -2.36. The maximum absolute atomic E-state index is 12.2. The number of rotatable bonds is 5. The van der Waals surface area contributed by atoms with Gasteiger partial charge in [-0.05, 0) is 25.3 Å². The van der Waals surface area contributed by atoms with Crippen molar-refractivity contribution in [2.75, 3.05) is 13.2 Å². The third-order valence-electron chi connectivity index (χ3n) is 3.56. The molecule has 0 spiro atoms. The van der Waals surface area contributed by atoms with Crippen LogP contribution in [-0.4, -0.2) is 45.9 Å². The first-order valence-electron chi connectivity index (χ1n) is 6.71. The molecule has 2 rings (SSSR count). The van der Waals surface area contributed by atoms with E-state index in [1.165, 1.54) is 0 Å². The highest BCUT2D eigenvalue weighted by atomic mass is 16.5. The van der Waals surface area contributed by atoms with Crippen LogP contribution in [0.2, 0.25) is 0 Å². The number of amides is 1. The number of aryl methyl sites for hydroxylation is 1. The summed E-state index contributed by atoms with van der Waals surface area (Å²) < 4.78 is 5.25. The largest absolute Gasteiger partial charge is 0.481 e. The minimum absolute atomic E-state index is 0.104. The minimum atomic E-state index is -0.927. The van der Waals surface area contributed by atoms with E-state index in [0.717, 1.165) is 12.1 Å². The molecule has 1 aromatic rings. The summed E-state index contributed by atoms with van der Waals surface area (Å²) in [6.07, 6.45) is 1.65. The van der Waals surface area contributed by atoms with E-state index in [1.807, 2.05) is 6.92 Å². The smallest absolute Gasteiger partial charge is 0.305 e. The van der Waals surface area contributed by atoms with Crippen molar-refractivity contribution in [2.45, 2.75) is 38.1 Å². The van der Waals surface area contributed by atoms with Crippen LogP contribution < -0.4 is 5.32 Å². The lowest BCUT2D eigenvalue weighted by Crippen LogP contribution is -2.53. The van der Waals surface area contributed by atoms with E-state index in [1.54, 1.807) is 6.07 Å². The van der Waals surface area contributed by atoms with Gasteiger partial charge in [-0.15, -0.1) is 0 Å². The molecule has 1 amide bonds. The summed E-state index contributed by atoms with van der Waals surface area (Å²) in [7, 11) is 0. The Balaban J connectivity index is 2.10. The zero-order chi connectivity index (χ0) is 14.6. The van der Waals surface area contributed by atoms with E-state index < -0.39 is 11.5 Å². The van der Waals surface area contributed by atoms with Crippen molar-refractivity contribution in [1.29, 1.82) is 0 Å². The minimum Gasteiger partial charge on any atom is -0.481 e. The highest BCUT2D eigenvalue weighted by molar-refractivity contribution is 5.93. The number of nitrogens with zero attached hydrogens (tertiary/aromatic N) is 1. The van der Waals surface area contributed by atoms with Gasteiger partial charge < -0.3 is 15.2 Å². The second-order valence-electron chi connectivity index (χ2n) is 5.05. The number of aromatic nitrogens is 2. The zero-order valence-corrected chi connectivity index (χ0v) is 11.4. The Kier molecular flexibility index (Phi) is 4.39. The molecule has 110 valence electrons. The van der Waals surface area contributed by atoms with Crippen molar-refractivity contribution in [3.8, 4) is 0 Å². The van der Waals surface area contributed by atoms with Crippen molar-refractivity contribution in [2.24, 2.45) is 0 Å². The molecule has 3 N–H and O–H groups in total. The molecule has 2 heterocycles. The van der Waals surface area contributed by atoms with Crippen LogP contribution in [0.4, 0.5) is 0 Å². The number of hydrogen-bond acceptors (Lipinski definition) is 4. The van der Waals surface area contributed by atoms with Crippen LogP contribution in [-0.2, 0) is 16.0 Å². The summed E-state index contributed by atoms with van der Waals surface area (Å²) in [5.74, 6) is -1.27. The highest BCUT2D eigenvalue weighted by Gasteiger charge is 2.37. The molecule has 0 radical (unpaired) electrons.